The molecule has 0 aliphatic heterocycles. The topological polar surface area (TPSA) is 96.0 Å². The number of hydrogen-bond acceptors (Lipinski definition) is 5. The zero-order valence-corrected chi connectivity index (χ0v) is 25.0. The Morgan fingerprint density at radius 2 is 1.55 bits per heavy atom. The number of para-hydroxylation sites is 1. The Morgan fingerprint density at radius 1 is 0.950 bits per heavy atom. The molecular weight excluding hydrogens is 550 g/mol. The molecule has 0 heterocycles. The van der Waals surface area contributed by atoms with Crippen molar-refractivity contribution in [2.45, 2.75) is 57.1 Å². The maximum Gasteiger partial charge on any atom is 0.264 e. The van der Waals surface area contributed by atoms with Crippen LogP contribution in [0.25, 0.3) is 0 Å². The summed E-state index contributed by atoms with van der Waals surface area (Å²) in [5.74, 6) is -0.376. The van der Waals surface area contributed by atoms with Gasteiger partial charge in [-0.1, -0.05) is 54.9 Å². The Bertz CT molecular complexity index is 1410. The second-order valence-electron chi connectivity index (χ2n) is 10.3. The van der Waals surface area contributed by atoms with E-state index >= 15 is 0 Å². The second-order valence-corrected chi connectivity index (χ2v) is 12.6. The molecule has 0 radical (unpaired) electrons. The highest BCUT2D eigenvalue weighted by Crippen LogP contribution is 2.26. The Morgan fingerprint density at radius 3 is 2.10 bits per heavy atom. The number of nitrogens with one attached hydrogen (secondary N) is 1. The second kappa shape index (κ2) is 13.2. The highest BCUT2D eigenvalue weighted by molar-refractivity contribution is 7.92. The van der Waals surface area contributed by atoms with Crippen molar-refractivity contribution in [1.82, 2.24) is 10.2 Å². The van der Waals surface area contributed by atoms with E-state index in [-0.39, 0.29) is 17.3 Å². The van der Waals surface area contributed by atoms with Gasteiger partial charge >= 0.3 is 0 Å². The number of carbonyl (C=O) groups excluding carboxylic acids is 2. The lowest BCUT2D eigenvalue weighted by Crippen LogP contribution is -2.55. The number of benzene rings is 3. The largest absolute Gasteiger partial charge is 0.497 e. The third kappa shape index (κ3) is 7.76. The molecule has 214 valence electrons. The maximum absolute atomic E-state index is 14.1. The lowest BCUT2D eigenvalue weighted by Gasteiger charge is -2.35. The summed E-state index contributed by atoms with van der Waals surface area (Å²) in [7, 11) is -2.67. The molecule has 10 heteroatoms. The smallest absolute Gasteiger partial charge is 0.264 e. The molecular formula is C30H36ClN3O5S. The van der Waals surface area contributed by atoms with Crippen molar-refractivity contribution in [1.29, 1.82) is 0 Å². The van der Waals surface area contributed by atoms with Gasteiger partial charge in [-0.15, -0.1) is 0 Å². The van der Waals surface area contributed by atoms with Crippen molar-refractivity contribution in [3.05, 3.63) is 89.4 Å². The van der Waals surface area contributed by atoms with Crippen LogP contribution in [-0.2, 0) is 26.2 Å². The van der Waals surface area contributed by atoms with Crippen molar-refractivity contribution in [3.8, 4) is 5.75 Å². The van der Waals surface area contributed by atoms with Crippen LogP contribution in [0, 0.1) is 0 Å². The van der Waals surface area contributed by atoms with E-state index in [1.807, 2.05) is 27.7 Å². The average Bonchev–Trinajstić information content (AvgIpc) is 2.92. The van der Waals surface area contributed by atoms with Crippen LogP contribution >= 0.6 is 11.6 Å². The number of methoxy groups -OCH3 is 1. The van der Waals surface area contributed by atoms with E-state index < -0.39 is 34.1 Å². The van der Waals surface area contributed by atoms with Crippen molar-refractivity contribution in [2.75, 3.05) is 18.0 Å². The molecule has 0 saturated heterocycles. The number of amides is 2. The number of rotatable bonds is 11. The van der Waals surface area contributed by atoms with E-state index in [4.69, 9.17) is 16.3 Å². The third-order valence-electron chi connectivity index (χ3n) is 6.15. The molecule has 0 spiro atoms. The van der Waals surface area contributed by atoms with E-state index in [1.165, 1.54) is 24.1 Å². The van der Waals surface area contributed by atoms with Gasteiger partial charge in [-0.2, -0.15) is 0 Å². The average molecular weight is 586 g/mol. The molecule has 0 aliphatic rings. The van der Waals surface area contributed by atoms with Gasteiger partial charge in [-0.25, -0.2) is 8.42 Å². The van der Waals surface area contributed by atoms with E-state index in [9.17, 15) is 18.0 Å². The molecule has 3 rings (SSSR count). The summed E-state index contributed by atoms with van der Waals surface area (Å²) in [5.41, 5.74) is 0.428. The molecule has 0 aromatic heterocycles. The summed E-state index contributed by atoms with van der Waals surface area (Å²) >= 11 is 6.43. The van der Waals surface area contributed by atoms with Crippen LogP contribution in [0.4, 0.5) is 5.69 Å². The number of hydrogen-bond donors (Lipinski definition) is 1. The first-order valence-corrected chi connectivity index (χ1v) is 14.8. The lowest BCUT2D eigenvalue weighted by atomic mass is 10.1. The molecule has 2 amide bonds. The van der Waals surface area contributed by atoms with Gasteiger partial charge in [0, 0.05) is 17.1 Å². The molecule has 0 aliphatic carbocycles. The standard InChI is InChI=1S/C30H36ClN3O5S/c1-6-27(29(36)32-30(2,3)4)33(20-22-12-10-11-15-26(22)31)28(35)21-34(23-13-8-7-9-14-23)40(37,38)25-18-16-24(39-5)17-19-25/h7-19,27H,6,20-21H2,1-5H3,(H,32,36). The Hall–Kier alpha value is -3.56. The maximum atomic E-state index is 14.1. The van der Waals surface area contributed by atoms with E-state index in [2.05, 4.69) is 5.32 Å². The predicted octanol–water partition coefficient (Wildman–Crippen LogP) is 5.27. The van der Waals surface area contributed by atoms with Crippen molar-refractivity contribution < 1.29 is 22.7 Å². The Kier molecular flexibility index (Phi) is 10.2. The highest BCUT2D eigenvalue weighted by atomic mass is 35.5. The fourth-order valence-electron chi connectivity index (χ4n) is 4.18. The summed E-state index contributed by atoms with van der Waals surface area (Å²) in [5, 5.41) is 3.39. The molecule has 8 nitrogen and oxygen atoms in total. The van der Waals surface area contributed by atoms with Gasteiger partial charge in [0.05, 0.1) is 17.7 Å². The SMILES string of the molecule is CCC(C(=O)NC(C)(C)C)N(Cc1ccccc1Cl)C(=O)CN(c1ccccc1)S(=O)(=O)c1ccc(OC)cc1. The summed E-state index contributed by atoms with van der Waals surface area (Å²) in [6, 6.07) is 20.6. The van der Waals surface area contributed by atoms with Crippen LogP contribution in [0.1, 0.15) is 39.7 Å². The fraction of sp³-hybridized carbons (Fsp3) is 0.333. The Balaban J connectivity index is 2.06. The monoisotopic (exact) mass is 585 g/mol. The van der Waals surface area contributed by atoms with Crippen molar-refractivity contribution >= 4 is 39.1 Å². The third-order valence-corrected chi connectivity index (χ3v) is 8.31. The number of anilines is 1. The molecule has 3 aromatic carbocycles. The van der Waals surface area contributed by atoms with Gasteiger partial charge < -0.3 is 15.0 Å². The van der Waals surface area contributed by atoms with Gasteiger partial charge in [-0.3, -0.25) is 13.9 Å². The van der Waals surface area contributed by atoms with Gasteiger partial charge in [0.2, 0.25) is 11.8 Å². The van der Waals surface area contributed by atoms with Crippen LogP contribution in [0.3, 0.4) is 0 Å². The first kappa shape index (κ1) is 31.0. The van der Waals surface area contributed by atoms with E-state index in [0.29, 0.717) is 28.4 Å². The van der Waals surface area contributed by atoms with Crippen LogP contribution in [0.15, 0.2) is 83.8 Å². The van der Waals surface area contributed by atoms with Gasteiger partial charge in [0.1, 0.15) is 18.3 Å². The first-order chi connectivity index (χ1) is 18.9. The quantitative estimate of drug-likeness (QED) is 0.331. The molecule has 0 bridgehead atoms. The Labute approximate surface area is 241 Å². The number of sulfonamides is 1. The number of carbonyl (C=O) groups is 2. The zero-order valence-electron chi connectivity index (χ0n) is 23.4. The first-order valence-electron chi connectivity index (χ1n) is 12.9. The van der Waals surface area contributed by atoms with Crippen LogP contribution in [0.5, 0.6) is 5.75 Å². The minimum atomic E-state index is -4.17. The summed E-state index contributed by atoms with van der Waals surface area (Å²) in [6.07, 6.45) is 0.314. The van der Waals surface area contributed by atoms with Crippen molar-refractivity contribution in [3.63, 3.8) is 0 Å². The van der Waals surface area contributed by atoms with Crippen LogP contribution in [-0.4, -0.2) is 50.4 Å². The molecule has 40 heavy (non-hydrogen) atoms. The van der Waals surface area contributed by atoms with Gasteiger partial charge in [0.15, 0.2) is 0 Å². The fourth-order valence-corrected chi connectivity index (χ4v) is 5.79. The number of ether oxygens (including phenoxy) is 1. The molecule has 0 saturated carbocycles. The summed E-state index contributed by atoms with van der Waals surface area (Å²) in [6.45, 7) is 6.88. The zero-order chi connectivity index (χ0) is 29.5. The van der Waals surface area contributed by atoms with E-state index in [1.54, 1.807) is 66.7 Å². The summed E-state index contributed by atoms with van der Waals surface area (Å²) in [4.78, 5) is 28.8. The number of halogens is 1. The molecule has 1 atom stereocenters. The molecule has 0 fully saturated rings. The lowest BCUT2D eigenvalue weighted by molar-refractivity contribution is -0.141. The van der Waals surface area contributed by atoms with Gasteiger partial charge in [0.25, 0.3) is 10.0 Å². The van der Waals surface area contributed by atoms with E-state index in [0.717, 1.165) is 4.31 Å². The highest BCUT2D eigenvalue weighted by Gasteiger charge is 2.34. The normalized spacial score (nSPS) is 12.3. The predicted molar refractivity (Wildman–Crippen MR) is 158 cm³/mol. The van der Waals surface area contributed by atoms with Gasteiger partial charge in [-0.05, 0) is 75.2 Å². The minimum Gasteiger partial charge on any atom is -0.497 e. The molecule has 3 aromatic rings. The number of nitrogens with zero attached hydrogens (tertiary/aromatic N) is 2. The van der Waals surface area contributed by atoms with Crippen molar-refractivity contribution in [2.24, 2.45) is 0 Å². The minimum absolute atomic E-state index is 0.000115. The molecule has 1 unspecified atom stereocenters. The van der Waals surface area contributed by atoms with Crippen LogP contribution < -0.4 is 14.4 Å². The van der Waals surface area contributed by atoms with Crippen LogP contribution in [0.2, 0.25) is 5.02 Å². The molecule has 1 N–H and O–H groups in total. The summed E-state index contributed by atoms with van der Waals surface area (Å²) < 4.78 is 34.0.